The van der Waals surface area contributed by atoms with Gasteiger partial charge < -0.3 is 15.2 Å². The molecule has 1 fully saturated rings. The predicted molar refractivity (Wildman–Crippen MR) is 85.1 cm³/mol. The number of aliphatic hydroxyl groups excluding tert-OH is 1. The van der Waals surface area contributed by atoms with Gasteiger partial charge in [-0.3, -0.25) is 0 Å². The number of hydrogen-bond acceptors (Lipinski definition) is 3. The van der Waals surface area contributed by atoms with Crippen LogP contribution in [0.2, 0.25) is 0 Å². The molecule has 0 heterocycles. The predicted octanol–water partition coefficient (Wildman–Crippen LogP) is 3.65. The topological polar surface area (TPSA) is 41.5 Å². The molecular weight excluding hydrogens is 250 g/mol. The van der Waals surface area contributed by atoms with Crippen LogP contribution < -0.4 is 5.32 Å². The molecule has 120 valence electrons. The minimum absolute atomic E-state index is 0.244. The zero-order valence-electron chi connectivity index (χ0n) is 13.4. The van der Waals surface area contributed by atoms with Gasteiger partial charge in [0.1, 0.15) is 0 Å². The van der Waals surface area contributed by atoms with Crippen molar-refractivity contribution in [2.75, 3.05) is 20.3 Å². The van der Waals surface area contributed by atoms with E-state index in [0.717, 1.165) is 6.42 Å². The van der Waals surface area contributed by atoms with E-state index in [0.29, 0.717) is 18.7 Å². The fraction of sp³-hybridized carbons (Fsp3) is 1.00. The maximum atomic E-state index is 9.15. The summed E-state index contributed by atoms with van der Waals surface area (Å²) in [5.41, 5.74) is 0. The zero-order valence-corrected chi connectivity index (χ0v) is 13.4. The van der Waals surface area contributed by atoms with Gasteiger partial charge in [0, 0.05) is 25.8 Å². The molecule has 0 aromatic rings. The van der Waals surface area contributed by atoms with Gasteiger partial charge in [0.25, 0.3) is 0 Å². The van der Waals surface area contributed by atoms with E-state index in [1.54, 1.807) is 7.11 Å². The van der Waals surface area contributed by atoms with E-state index >= 15 is 0 Å². The summed E-state index contributed by atoms with van der Waals surface area (Å²) < 4.78 is 5.26. The first-order chi connectivity index (χ1) is 9.86. The molecule has 3 heteroatoms. The molecule has 1 saturated carbocycles. The van der Waals surface area contributed by atoms with Gasteiger partial charge in [-0.25, -0.2) is 0 Å². The van der Waals surface area contributed by atoms with Crippen LogP contribution in [0.4, 0.5) is 0 Å². The Hall–Kier alpha value is -0.120. The number of hydrogen-bond donors (Lipinski definition) is 2. The van der Waals surface area contributed by atoms with Gasteiger partial charge in [0.2, 0.25) is 0 Å². The van der Waals surface area contributed by atoms with Crippen molar-refractivity contribution < 1.29 is 9.84 Å². The van der Waals surface area contributed by atoms with Crippen LogP contribution in [0, 0.1) is 0 Å². The largest absolute Gasteiger partial charge is 0.396 e. The van der Waals surface area contributed by atoms with Crippen LogP contribution in [-0.2, 0) is 4.74 Å². The highest BCUT2D eigenvalue weighted by Gasteiger charge is 2.15. The molecule has 20 heavy (non-hydrogen) atoms. The van der Waals surface area contributed by atoms with E-state index in [1.807, 2.05) is 0 Å². The second-order valence-corrected chi connectivity index (χ2v) is 6.29. The lowest BCUT2D eigenvalue weighted by Crippen LogP contribution is -2.41. The molecule has 0 radical (unpaired) electrons. The summed E-state index contributed by atoms with van der Waals surface area (Å²) in [6, 6.07) is 0.920. The number of methoxy groups -OCH3 is 1. The van der Waals surface area contributed by atoms with Crippen LogP contribution in [0.1, 0.15) is 77.0 Å². The number of ether oxygens (including phenoxy) is 1. The fourth-order valence-electron chi connectivity index (χ4n) is 3.24. The Kier molecular flexibility index (Phi) is 11.3. The molecule has 3 nitrogen and oxygen atoms in total. The average molecular weight is 285 g/mol. The molecule has 1 aliphatic carbocycles. The zero-order chi connectivity index (χ0) is 14.5. The van der Waals surface area contributed by atoms with Crippen LogP contribution >= 0.6 is 0 Å². The lowest BCUT2D eigenvalue weighted by molar-refractivity contribution is 0.139. The van der Waals surface area contributed by atoms with Gasteiger partial charge in [-0.2, -0.15) is 0 Å². The van der Waals surface area contributed by atoms with Crippen molar-refractivity contribution in [3.05, 3.63) is 0 Å². The lowest BCUT2D eigenvalue weighted by Gasteiger charge is -2.25. The Labute approximate surface area is 125 Å². The van der Waals surface area contributed by atoms with E-state index < -0.39 is 0 Å². The molecule has 0 aromatic heterocycles. The van der Waals surface area contributed by atoms with Crippen LogP contribution in [0.3, 0.4) is 0 Å². The second-order valence-electron chi connectivity index (χ2n) is 6.29. The van der Waals surface area contributed by atoms with Crippen molar-refractivity contribution in [2.45, 2.75) is 89.1 Å². The van der Waals surface area contributed by atoms with E-state index in [-0.39, 0.29) is 6.61 Å². The highest BCUT2D eigenvalue weighted by molar-refractivity contribution is 4.75. The molecule has 1 unspecified atom stereocenters. The van der Waals surface area contributed by atoms with E-state index in [2.05, 4.69) is 5.32 Å². The molecule has 1 aliphatic rings. The number of nitrogens with one attached hydrogen (secondary N) is 1. The molecule has 0 saturated heterocycles. The third-order valence-corrected chi connectivity index (χ3v) is 4.42. The first-order valence-electron chi connectivity index (χ1n) is 8.72. The van der Waals surface area contributed by atoms with Gasteiger partial charge in [-0.15, -0.1) is 0 Å². The summed E-state index contributed by atoms with van der Waals surface area (Å²) in [6.45, 7) is 0.949. The smallest absolute Gasteiger partial charge is 0.0616 e. The maximum absolute atomic E-state index is 9.15. The molecule has 0 amide bonds. The Morgan fingerprint density at radius 3 is 1.90 bits per heavy atom. The minimum atomic E-state index is 0.244. The van der Waals surface area contributed by atoms with Gasteiger partial charge >= 0.3 is 0 Å². The van der Waals surface area contributed by atoms with Crippen molar-refractivity contribution in [2.24, 2.45) is 0 Å². The molecule has 0 spiro atoms. The third-order valence-electron chi connectivity index (χ3n) is 4.42. The SMILES string of the molecule is COCC(CCO)NC1CCCCCCCCCCC1. The average Bonchev–Trinajstić information content (AvgIpc) is 2.42. The van der Waals surface area contributed by atoms with Crippen molar-refractivity contribution in [1.82, 2.24) is 5.32 Å². The minimum Gasteiger partial charge on any atom is -0.396 e. The van der Waals surface area contributed by atoms with Gasteiger partial charge in [0.15, 0.2) is 0 Å². The normalized spacial score (nSPS) is 21.9. The molecule has 0 bridgehead atoms. The molecule has 1 rings (SSSR count). The van der Waals surface area contributed by atoms with Crippen molar-refractivity contribution >= 4 is 0 Å². The summed E-state index contributed by atoms with van der Waals surface area (Å²) in [7, 11) is 1.74. The standard InChI is InChI=1S/C17H35NO2/c1-20-15-17(13-14-19)18-16-11-9-7-5-3-2-4-6-8-10-12-16/h16-19H,2-15H2,1H3. The van der Waals surface area contributed by atoms with E-state index in [4.69, 9.17) is 9.84 Å². The van der Waals surface area contributed by atoms with Crippen LogP contribution in [0.25, 0.3) is 0 Å². The van der Waals surface area contributed by atoms with Gasteiger partial charge in [-0.1, -0.05) is 57.8 Å². The van der Waals surface area contributed by atoms with Crippen LogP contribution in [0.5, 0.6) is 0 Å². The summed E-state index contributed by atoms with van der Waals surface area (Å²) in [6.07, 6.45) is 15.9. The van der Waals surface area contributed by atoms with Crippen LogP contribution in [-0.4, -0.2) is 37.5 Å². The molecule has 1 atom stereocenters. The molecular formula is C17H35NO2. The first-order valence-corrected chi connectivity index (χ1v) is 8.72. The Balaban J connectivity index is 2.35. The summed E-state index contributed by atoms with van der Waals surface area (Å²) in [5.74, 6) is 0. The van der Waals surface area contributed by atoms with Crippen molar-refractivity contribution in [1.29, 1.82) is 0 Å². The lowest BCUT2D eigenvalue weighted by atomic mass is 9.97. The van der Waals surface area contributed by atoms with E-state index in [1.165, 1.54) is 70.6 Å². The Morgan fingerprint density at radius 1 is 0.950 bits per heavy atom. The third kappa shape index (κ3) is 8.93. The fourth-order valence-corrected chi connectivity index (χ4v) is 3.24. The Bertz CT molecular complexity index is 193. The van der Waals surface area contributed by atoms with Gasteiger partial charge in [0.05, 0.1) is 6.61 Å². The van der Waals surface area contributed by atoms with E-state index in [9.17, 15) is 0 Å². The van der Waals surface area contributed by atoms with Crippen LogP contribution in [0.15, 0.2) is 0 Å². The number of rotatable bonds is 6. The summed E-state index contributed by atoms with van der Waals surface area (Å²) in [5, 5.41) is 12.9. The first kappa shape index (κ1) is 17.9. The maximum Gasteiger partial charge on any atom is 0.0616 e. The van der Waals surface area contributed by atoms with Crippen molar-refractivity contribution in [3.8, 4) is 0 Å². The highest BCUT2D eigenvalue weighted by atomic mass is 16.5. The molecule has 0 aromatic carbocycles. The monoisotopic (exact) mass is 285 g/mol. The quantitative estimate of drug-likeness (QED) is 0.783. The summed E-state index contributed by atoms with van der Waals surface area (Å²) >= 11 is 0. The second kappa shape index (κ2) is 12.6. The van der Waals surface area contributed by atoms with Crippen molar-refractivity contribution in [3.63, 3.8) is 0 Å². The molecule has 0 aliphatic heterocycles. The highest BCUT2D eigenvalue weighted by Crippen LogP contribution is 2.17. The molecule has 2 N–H and O–H groups in total. The van der Waals surface area contributed by atoms with Gasteiger partial charge in [-0.05, 0) is 19.3 Å². The summed E-state index contributed by atoms with van der Waals surface area (Å²) in [4.78, 5) is 0. The Morgan fingerprint density at radius 2 is 1.45 bits per heavy atom. The number of aliphatic hydroxyl groups is 1.